The Bertz CT molecular complexity index is 1130. The number of benzene rings is 2. The number of methoxy groups -OCH3 is 1. The van der Waals surface area contributed by atoms with Crippen molar-refractivity contribution < 1.29 is 45.0 Å². The van der Waals surface area contributed by atoms with Gasteiger partial charge in [0.15, 0.2) is 21.7 Å². The fraction of sp³-hybridized carbons (Fsp3) is 0.381. The van der Waals surface area contributed by atoms with E-state index in [9.17, 15) is 30.8 Å². The maximum atomic E-state index is 13.2. The molecule has 3 rings (SSSR count). The van der Waals surface area contributed by atoms with Crippen LogP contribution in [0.3, 0.4) is 0 Å². The monoisotopic (exact) mass is 491 g/mol. The molecule has 1 amide bonds. The molecule has 1 fully saturated rings. The van der Waals surface area contributed by atoms with E-state index in [1.807, 2.05) is 0 Å². The quantitative estimate of drug-likeness (QED) is 0.552. The molecule has 0 N–H and O–H groups in total. The normalized spacial score (nSPS) is 15.5. The van der Waals surface area contributed by atoms with Gasteiger partial charge in [-0.15, -0.1) is 0 Å². The molecular weight excluding hydrogens is 470 g/mol. The number of amides is 1. The molecule has 180 valence electrons. The molecule has 1 heterocycles. The van der Waals surface area contributed by atoms with E-state index in [4.69, 9.17) is 14.2 Å². The topological polar surface area (TPSA) is 82.1 Å². The maximum Gasteiger partial charge on any atom is 0.425 e. The van der Waals surface area contributed by atoms with Gasteiger partial charge in [0.05, 0.1) is 20.2 Å². The number of alkyl halides is 3. The van der Waals surface area contributed by atoms with Gasteiger partial charge in [0, 0.05) is 6.26 Å². The van der Waals surface area contributed by atoms with Crippen molar-refractivity contribution >= 4 is 15.7 Å². The summed E-state index contributed by atoms with van der Waals surface area (Å²) >= 11 is 0. The summed E-state index contributed by atoms with van der Waals surface area (Å²) in [5, 5.41) is 0. The Morgan fingerprint density at radius 3 is 2.24 bits per heavy atom. The second-order valence-corrected chi connectivity index (χ2v) is 9.43. The third-order valence-corrected chi connectivity index (χ3v) is 6.04. The number of nitrogens with zero attached hydrogens (tertiary/aromatic N) is 1. The van der Waals surface area contributed by atoms with E-state index >= 15 is 0 Å². The van der Waals surface area contributed by atoms with Crippen LogP contribution in [0.5, 0.6) is 17.2 Å². The van der Waals surface area contributed by atoms with Gasteiger partial charge in [0.1, 0.15) is 33.9 Å². The van der Waals surface area contributed by atoms with E-state index in [0.29, 0.717) is 5.75 Å². The number of hydrogen-bond acceptors (Lipinski definition) is 6. The summed E-state index contributed by atoms with van der Waals surface area (Å²) in [7, 11) is -2.77. The minimum Gasteiger partial charge on any atom is -0.494 e. The second-order valence-electron chi connectivity index (χ2n) is 7.45. The average molecular weight is 491 g/mol. The summed E-state index contributed by atoms with van der Waals surface area (Å²) in [6.07, 6.45) is -6.53. The smallest absolute Gasteiger partial charge is 0.425 e. The minimum absolute atomic E-state index is 0.0662. The molecule has 2 aromatic rings. The Balaban J connectivity index is 1.89. The number of halogens is 4. The number of rotatable bonds is 7. The summed E-state index contributed by atoms with van der Waals surface area (Å²) in [5.74, 6) is -1.70. The van der Waals surface area contributed by atoms with Crippen LogP contribution in [0.25, 0.3) is 0 Å². The van der Waals surface area contributed by atoms with Crippen molar-refractivity contribution in [3.8, 4) is 17.2 Å². The highest BCUT2D eigenvalue weighted by molar-refractivity contribution is 7.90. The van der Waals surface area contributed by atoms with Gasteiger partial charge in [-0.25, -0.2) is 12.8 Å². The van der Waals surface area contributed by atoms with Crippen LogP contribution >= 0.6 is 0 Å². The first kappa shape index (κ1) is 24.6. The van der Waals surface area contributed by atoms with E-state index in [1.165, 1.54) is 29.2 Å². The van der Waals surface area contributed by atoms with E-state index in [1.54, 1.807) is 0 Å². The number of sulfone groups is 1. The molecule has 1 unspecified atom stereocenters. The molecule has 1 saturated heterocycles. The van der Waals surface area contributed by atoms with Crippen molar-refractivity contribution in [2.24, 2.45) is 0 Å². The molecule has 0 aromatic heterocycles. The predicted octanol–water partition coefficient (Wildman–Crippen LogP) is 3.47. The minimum atomic E-state index is -4.71. The van der Waals surface area contributed by atoms with Gasteiger partial charge in [-0.1, -0.05) is 0 Å². The molecule has 7 nitrogen and oxygen atoms in total. The highest BCUT2D eigenvalue weighted by atomic mass is 32.2. The zero-order valence-corrected chi connectivity index (χ0v) is 18.7. The van der Waals surface area contributed by atoms with Crippen LogP contribution in [0, 0.1) is 5.82 Å². The molecule has 1 atom stereocenters. The number of hydrogen-bond donors (Lipinski definition) is 0. The fourth-order valence-electron chi connectivity index (χ4n) is 3.14. The van der Waals surface area contributed by atoms with Crippen molar-refractivity contribution in [3.05, 3.63) is 47.8 Å². The maximum absolute atomic E-state index is 13.2. The Morgan fingerprint density at radius 2 is 1.73 bits per heavy atom. The van der Waals surface area contributed by atoms with E-state index in [2.05, 4.69) is 0 Å². The molecule has 0 radical (unpaired) electrons. The lowest BCUT2D eigenvalue weighted by Gasteiger charge is -2.39. The van der Waals surface area contributed by atoms with Crippen molar-refractivity contribution in [1.29, 1.82) is 0 Å². The van der Waals surface area contributed by atoms with Crippen molar-refractivity contribution in [2.45, 2.75) is 30.2 Å². The van der Waals surface area contributed by atoms with Crippen molar-refractivity contribution in [2.75, 3.05) is 26.5 Å². The molecule has 12 heteroatoms. The van der Waals surface area contributed by atoms with Crippen molar-refractivity contribution in [1.82, 2.24) is 4.90 Å². The number of likely N-dealkylation sites (tertiary alicyclic amines) is 1. The van der Waals surface area contributed by atoms with Crippen LogP contribution in [-0.4, -0.2) is 64.1 Å². The summed E-state index contributed by atoms with van der Waals surface area (Å²) < 4.78 is 92.2. The van der Waals surface area contributed by atoms with E-state index < -0.39 is 57.0 Å². The lowest BCUT2D eigenvalue weighted by Crippen LogP contribution is -2.56. The van der Waals surface area contributed by atoms with Crippen LogP contribution in [0.2, 0.25) is 0 Å². The van der Waals surface area contributed by atoms with Gasteiger partial charge < -0.3 is 19.1 Å². The lowest BCUT2D eigenvalue weighted by atomic mass is 10.1. The summed E-state index contributed by atoms with van der Waals surface area (Å²) in [4.78, 5) is 14.1. The number of ether oxygens (including phenoxy) is 3. The van der Waals surface area contributed by atoms with E-state index in [0.717, 1.165) is 32.4 Å². The molecule has 2 aromatic carbocycles. The Kier molecular flexibility index (Phi) is 6.78. The number of carbonyl (C=O) groups is 1. The van der Waals surface area contributed by atoms with Crippen molar-refractivity contribution in [3.63, 3.8) is 0 Å². The Hall–Kier alpha value is -3.02. The molecule has 1 aliphatic rings. The molecule has 0 saturated carbocycles. The largest absolute Gasteiger partial charge is 0.494 e. The first-order chi connectivity index (χ1) is 15.3. The molecule has 0 aliphatic carbocycles. The predicted molar refractivity (Wildman–Crippen MR) is 109 cm³/mol. The first-order valence-electron chi connectivity index (χ1n) is 9.67. The zero-order chi connectivity index (χ0) is 24.6. The van der Waals surface area contributed by atoms with Gasteiger partial charge in [0.25, 0.3) is 5.91 Å². The molecule has 1 aliphatic heterocycles. The molecule has 33 heavy (non-hydrogen) atoms. The highest BCUT2D eigenvalue weighted by Crippen LogP contribution is 2.38. The lowest BCUT2D eigenvalue weighted by molar-refractivity contribution is -0.189. The molecular formula is C21H21F4NO6S. The van der Waals surface area contributed by atoms with E-state index in [-0.39, 0.29) is 18.0 Å². The van der Waals surface area contributed by atoms with Crippen LogP contribution in [-0.2, 0) is 9.84 Å². The SMILES string of the molecule is COc1c(S(C)(=O)=O)ccc(OC(C)C(F)(F)F)c1C(=O)N1CC(Oc2ccc(F)cc2)C1. The summed E-state index contributed by atoms with van der Waals surface area (Å²) in [6.45, 7) is 0.898. The van der Waals surface area contributed by atoms with Gasteiger partial charge in [-0.05, 0) is 43.3 Å². The third kappa shape index (κ3) is 5.49. The zero-order valence-electron chi connectivity index (χ0n) is 17.8. The molecule has 0 bridgehead atoms. The Morgan fingerprint density at radius 1 is 1.12 bits per heavy atom. The van der Waals surface area contributed by atoms with Gasteiger partial charge in [0.2, 0.25) is 0 Å². The summed E-state index contributed by atoms with van der Waals surface area (Å²) in [6, 6.07) is 7.29. The fourth-order valence-corrected chi connectivity index (χ4v) is 3.98. The second kappa shape index (κ2) is 9.08. The third-order valence-electron chi connectivity index (χ3n) is 4.92. The van der Waals surface area contributed by atoms with Crippen LogP contribution in [0.4, 0.5) is 17.6 Å². The summed E-state index contributed by atoms with van der Waals surface area (Å²) in [5.41, 5.74) is -0.434. The average Bonchev–Trinajstić information content (AvgIpc) is 2.69. The highest BCUT2D eigenvalue weighted by Gasteiger charge is 2.41. The van der Waals surface area contributed by atoms with Crippen LogP contribution in [0.15, 0.2) is 41.3 Å². The standard InChI is InChI=1S/C21H21F4NO6S/c1-12(21(23,24)25)31-16-8-9-17(33(3,28)29)19(30-2)18(16)20(27)26-10-15(11-26)32-14-6-4-13(22)5-7-14/h4-9,12,15H,10-11H2,1-3H3. The number of carbonyl (C=O) groups excluding carboxylic acids is 1. The van der Waals surface area contributed by atoms with Gasteiger partial charge in [-0.3, -0.25) is 4.79 Å². The van der Waals surface area contributed by atoms with Crippen LogP contribution < -0.4 is 14.2 Å². The van der Waals surface area contributed by atoms with Crippen LogP contribution in [0.1, 0.15) is 17.3 Å². The first-order valence-corrected chi connectivity index (χ1v) is 11.6. The Labute approximate surface area is 187 Å². The van der Waals surface area contributed by atoms with Gasteiger partial charge in [-0.2, -0.15) is 13.2 Å². The van der Waals surface area contributed by atoms with Gasteiger partial charge >= 0.3 is 6.18 Å². The molecule has 0 spiro atoms.